The number of hydrogen-bond donors (Lipinski definition) is 0. The highest BCUT2D eigenvalue weighted by Crippen LogP contribution is 2.38. The van der Waals surface area contributed by atoms with Crippen LogP contribution < -0.4 is 9.47 Å². The average Bonchev–Trinajstić information content (AvgIpc) is 2.84. The standard InChI is InChI=1S/C28H22Br2O2/c1-31-25-15-7-21(8-16-25)27(19-3-11-23(29)12-4-19)28(20-5-13-24(30)14-6-20)22-9-17-26(32-2)18-10-22/h3-18H,1-2H3/b28-27+. The molecule has 0 heterocycles. The lowest BCUT2D eigenvalue weighted by molar-refractivity contribution is 0.414. The van der Waals surface area contributed by atoms with Crippen LogP contribution in [0.3, 0.4) is 0 Å². The Bertz CT molecular complexity index is 1110. The number of halogens is 2. The zero-order chi connectivity index (χ0) is 22.5. The Kier molecular flexibility index (Phi) is 7.13. The summed E-state index contributed by atoms with van der Waals surface area (Å²) in [6.07, 6.45) is 0. The van der Waals surface area contributed by atoms with Gasteiger partial charge in [0, 0.05) is 8.95 Å². The van der Waals surface area contributed by atoms with Crippen molar-refractivity contribution >= 4 is 43.0 Å². The minimum Gasteiger partial charge on any atom is -0.497 e. The molecule has 0 atom stereocenters. The van der Waals surface area contributed by atoms with Crippen LogP contribution in [0.25, 0.3) is 11.1 Å². The van der Waals surface area contributed by atoms with Gasteiger partial charge in [-0.25, -0.2) is 0 Å². The van der Waals surface area contributed by atoms with Crippen molar-refractivity contribution in [3.05, 3.63) is 128 Å². The first-order chi connectivity index (χ1) is 15.6. The van der Waals surface area contributed by atoms with Gasteiger partial charge in [0.2, 0.25) is 0 Å². The van der Waals surface area contributed by atoms with E-state index < -0.39 is 0 Å². The van der Waals surface area contributed by atoms with E-state index in [1.54, 1.807) is 14.2 Å². The lowest BCUT2D eigenvalue weighted by atomic mass is 9.86. The van der Waals surface area contributed by atoms with E-state index in [0.29, 0.717) is 0 Å². The quantitative estimate of drug-likeness (QED) is 0.225. The average molecular weight is 550 g/mol. The van der Waals surface area contributed by atoms with Gasteiger partial charge < -0.3 is 9.47 Å². The molecule has 0 amide bonds. The number of benzene rings is 4. The number of methoxy groups -OCH3 is 2. The highest BCUT2D eigenvalue weighted by Gasteiger charge is 2.17. The van der Waals surface area contributed by atoms with E-state index in [-0.39, 0.29) is 0 Å². The minimum absolute atomic E-state index is 0.832. The Balaban J connectivity index is 2.04. The van der Waals surface area contributed by atoms with Crippen molar-refractivity contribution in [1.29, 1.82) is 0 Å². The van der Waals surface area contributed by atoms with Crippen LogP contribution in [0.15, 0.2) is 106 Å². The molecule has 0 aliphatic heterocycles. The zero-order valence-corrected chi connectivity index (χ0v) is 21.0. The number of rotatable bonds is 6. The minimum atomic E-state index is 0.832. The van der Waals surface area contributed by atoms with Crippen LogP contribution in [0.5, 0.6) is 11.5 Å². The van der Waals surface area contributed by atoms with Gasteiger partial charge in [0.25, 0.3) is 0 Å². The fraction of sp³-hybridized carbons (Fsp3) is 0.0714. The monoisotopic (exact) mass is 548 g/mol. The van der Waals surface area contributed by atoms with Crippen molar-refractivity contribution in [2.24, 2.45) is 0 Å². The van der Waals surface area contributed by atoms with Crippen molar-refractivity contribution < 1.29 is 9.47 Å². The second-order valence-corrected chi connectivity index (χ2v) is 9.05. The Morgan fingerprint density at radius 1 is 0.438 bits per heavy atom. The molecule has 0 N–H and O–H groups in total. The molecule has 0 saturated carbocycles. The summed E-state index contributed by atoms with van der Waals surface area (Å²) in [4.78, 5) is 0. The van der Waals surface area contributed by atoms with Gasteiger partial charge >= 0.3 is 0 Å². The Hall–Kier alpha value is -2.82. The highest BCUT2D eigenvalue weighted by molar-refractivity contribution is 9.10. The topological polar surface area (TPSA) is 18.5 Å². The van der Waals surface area contributed by atoms with E-state index in [1.807, 2.05) is 24.3 Å². The molecule has 160 valence electrons. The molecular weight excluding hydrogens is 528 g/mol. The van der Waals surface area contributed by atoms with Crippen LogP contribution in [-0.4, -0.2) is 14.2 Å². The van der Waals surface area contributed by atoms with Crippen molar-refractivity contribution in [1.82, 2.24) is 0 Å². The fourth-order valence-electron chi connectivity index (χ4n) is 3.66. The van der Waals surface area contributed by atoms with Gasteiger partial charge in [-0.3, -0.25) is 0 Å². The maximum atomic E-state index is 5.40. The van der Waals surface area contributed by atoms with Crippen molar-refractivity contribution in [2.45, 2.75) is 0 Å². The summed E-state index contributed by atoms with van der Waals surface area (Å²) in [7, 11) is 3.37. The first-order valence-corrected chi connectivity index (χ1v) is 11.7. The normalized spacial score (nSPS) is 11.6. The van der Waals surface area contributed by atoms with Gasteiger partial charge in [0.05, 0.1) is 14.2 Å². The van der Waals surface area contributed by atoms with Gasteiger partial charge in [-0.1, -0.05) is 80.4 Å². The molecule has 32 heavy (non-hydrogen) atoms. The van der Waals surface area contributed by atoms with Gasteiger partial charge in [-0.05, 0) is 81.9 Å². The number of ether oxygens (including phenoxy) is 2. The predicted molar refractivity (Wildman–Crippen MR) is 139 cm³/mol. The molecule has 4 aromatic carbocycles. The summed E-state index contributed by atoms with van der Waals surface area (Å²) in [5.41, 5.74) is 6.78. The first kappa shape index (κ1) is 22.4. The van der Waals surface area contributed by atoms with E-state index in [1.165, 1.54) is 0 Å². The molecule has 0 saturated heterocycles. The lowest BCUT2D eigenvalue weighted by Gasteiger charge is -2.19. The molecule has 0 aromatic heterocycles. The molecule has 4 aromatic rings. The molecule has 0 fully saturated rings. The van der Waals surface area contributed by atoms with Crippen LogP contribution in [-0.2, 0) is 0 Å². The van der Waals surface area contributed by atoms with E-state index >= 15 is 0 Å². The summed E-state index contributed by atoms with van der Waals surface area (Å²) in [6.45, 7) is 0. The summed E-state index contributed by atoms with van der Waals surface area (Å²) in [5, 5.41) is 0. The van der Waals surface area contributed by atoms with Crippen molar-refractivity contribution in [2.75, 3.05) is 14.2 Å². The highest BCUT2D eigenvalue weighted by atomic mass is 79.9. The second kappa shape index (κ2) is 10.2. The first-order valence-electron chi connectivity index (χ1n) is 10.1. The zero-order valence-electron chi connectivity index (χ0n) is 17.8. The molecule has 0 radical (unpaired) electrons. The maximum Gasteiger partial charge on any atom is 0.118 e. The van der Waals surface area contributed by atoms with Crippen LogP contribution in [0.1, 0.15) is 22.3 Å². The summed E-state index contributed by atoms with van der Waals surface area (Å²) in [5.74, 6) is 1.66. The molecule has 0 unspecified atom stereocenters. The van der Waals surface area contributed by atoms with E-state index in [9.17, 15) is 0 Å². The van der Waals surface area contributed by atoms with Crippen LogP contribution in [0.4, 0.5) is 0 Å². The lowest BCUT2D eigenvalue weighted by Crippen LogP contribution is -1.98. The smallest absolute Gasteiger partial charge is 0.118 e. The molecule has 0 spiro atoms. The molecule has 4 heteroatoms. The maximum absolute atomic E-state index is 5.40. The van der Waals surface area contributed by atoms with Gasteiger partial charge in [-0.15, -0.1) is 0 Å². The molecular formula is C28H22Br2O2. The molecule has 0 aliphatic rings. The Morgan fingerprint density at radius 3 is 0.938 bits per heavy atom. The fourth-order valence-corrected chi connectivity index (χ4v) is 4.19. The Morgan fingerprint density at radius 2 is 0.688 bits per heavy atom. The van der Waals surface area contributed by atoms with Crippen LogP contribution in [0.2, 0.25) is 0 Å². The van der Waals surface area contributed by atoms with Crippen LogP contribution >= 0.6 is 31.9 Å². The summed E-state index contributed by atoms with van der Waals surface area (Å²) in [6, 6.07) is 33.3. The van der Waals surface area contributed by atoms with E-state index in [4.69, 9.17) is 9.47 Å². The summed E-state index contributed by atoms with van der Waals surface area (Å²) >= 11 is 7.14. The second-order valence-electron chi connectivity index (χ2n) is 7.22. The summed E-state index contributed by atoms with van der Waals surface area (Å²) < 4.78 is 12.9. The van der Waals surface area contributed by atoms with Gasteiger partial charge in [0.15, 0.2) is 0 Å². The molecule has 0 aliphatic carbocycles. The SMILES string of the molecule is COc1ccc(/C(=C(\c2ccc(Br)cc2)c2ccc(OC)cc2)c2ccc(Br)cc2)cc1. The van der Waals surface area contributed by atoms with Gasteiger partial charge in [-0.2, -0.15) is 0 Å². The van der Waals surface area contributed by atoms with Gasteiger partial charge in [0.1, 0.15) is 11.5 Å². The largest absolute Gasteiger partial charge is 0.497 e. The third kappa shape index (κ3) is 4.98. The van der Waals surface area contributed by atoms with Crippen molar-refractivity contribution in [3.63, 3.8) is 0 Å². The molecule has 0 bridgehead atoms. The van der Waals surface area contributed by atoms with Crippen LogP contribution in [0, 0.1) is 0 Å². The molecule has 4 rings (SSSR count). The van der Waals surface area contributed by atoms with E-state index in [0.717, 1.165) is 53.8 Å². The number of hydrogen-bond acceptors (Lipinski definition) is 2. The van der Waals surface area contributed by atoms with Crippen molar-refractivity contribution in [3.8, 4) is 11.5 Å². The third-order valence-electron chi connectivity index (χ3n) is 5.27. The third-order valence-corrected chi connectivity index (χ3v) is 6.33. The predicted octanol–water partition coefficient (Wildman–Crippen LogP) is 8.24. The van der Waals surface area contributed by atoms with E-state index in [2.05, 4.69) is 105 Å². The molecule has 2 nitrogen and oxygen atoms in total. The Labute approximate surface area is 205 Å².